The molecule has 2 atom stereocenters. The number of likely N-dealkylation sites (tertiary alicyclic amines) is 1. The van der Waals surface area contributed by atoms with Crippen LogP contribution in [0.2, 0.25) is 0 Å². The molecular formula is C15H25ClN2O. The summed E-state index contributed by atoms with van der Waals surface area (Å²) < 4.78 is 5.43. The minimum absolute atomic E-state index is 0. The van der Waals surface area contributed by atoms with Crippen molar-refractivity contribution in [2.75, 3.05) is 20.2 Å². The van der Waals surface area contributed by atoms with E-state index < -0.39 is 0 Å². The number of hydrogen-bond donors (Lipinski definition) is 1. The Morgan fingerprint density at radius 1 is 1.47 bits per heavy atom. The number of benzene rings is 1. The Labute approximate surface area is 122 Å². The van der Waals surface area contributed by atoms with Gasteiger partial charge in [0.25, 0.3) is 0 Å². The van der Waals surface area contributed by atoms with Crippen LogP contribution in [0.1, 0.15) is 24.5 Å². The normalized spacial score (nSPS) is 20.9. The fraction of sp³-hybridized carbons (Fsp3) is 0.600. The predicted octanol–water partition coefficient (Wildman–Crippen LogP) is 2.59. The molecule has 0 radical (unpaired) electrons. The third-order valence-corrected chi connectivity index (χ3v) is 3.88. The monoisotopic (exact) mass is 284 g/mol. The van der Waals surface area contributed by atoms with Crippen LogP contribution in [-0.2, 0) is 6.54 Å². The Morgan fingerprint density at radius 3 is 2.79 bits per heavy atom. The summed E-state index contributed by atoms with van der Waals surface area (Å²) in [6.45, 7) is 7.45. The second-order valence-corrected chi connectivity index (χ2v) is 5.46. The molecule has 0 bridgehead atoms. The van der Waals surface area contributed by atoms with Crippen LogP contribution in [-0.4, -0.2) is 31.1 Å². The minimum atomic E-state index is 0. The molecule has 4 heteroatoms. The maximum absolute atomic E-state index is 5.98. The fourth-order valence-corrected chi connectivity index (χ4v) is 2.71. The zero-order valence-corrected chi connectivity index (χ0v) is 12.9. The lowest BCUT2D eigenvalue weighted by Crippen LogP contribution is -2.29. The van der Waals surface area contributed by atoms with Gasteiger partial charge in [-0.25, -0.2) is 0 Å². The highest BCUT2D eigenvalue weighted by atomic mass is 35.5. The van der Waals surface area contributed by atoms with Gasteiger partial charge in [0.2, 0.25) is 0 Å². The topological polar surface area (TPSA) is 38.5 Å². The van der Waals surface area contributed by atoms with Crippen LogP contribution >= 0.6 is 12.4 Å². The lowest BCUT2D eigenvalue weighted by atomic mass is 10.0. The molecule has 3 nitrogen and oxygen atoms in total. The van der Waals surface area contributed by atoms with E-state index in [1.165, 1.54) is 17.5 Å². The molecule has 1 aliphatic rings. The molecule has 2 rings (SSSR count). The number of rotatable bonds is 4. The molecule has 1 aliphatic heterocycles. The van der Waals surface area contributed by atoms with Crippen LogP contribution in [0.15, 0.2) is 18.2 Å². The zero-order valence-electron chi connectivity index (χ0n) is 12.1. The van der Waals surface area contributed by atoms with E-state index in [2.05, 4.69) is 36.9 Å². The van der Waals surface area contributed by atoms with Crippen LogP contribution in [0.3, 0.4) is 0 Å². The van der Waals surface area contributed by atoms with E-state index in [0.717, 1.165) is 25.4 Å². The van der Waals surface area contributed by atoms with Gasteiger partial charge < -0.3 is 10.5 Å². The SMILES string of the molecule is COc1ccc(C)cc1CN1CCC(C(C)N)C1.Cl. The van der Waals surface area contributed by atoms with Gasteiger partial charge in [0.15, 0.2) is 0 Å². The van der Waals surface area contributed by atoms with Gasteiger partial charge in [-0.3, -0.25) is 4.90 Å². The fourth-order valence-electron chi connectivity index (χ4n) is 2.71. The van der Waals surface area contributed by atoms with Crippen molar-refractivity contribution < 1.29 is 4.74 Å². The first-order chi connectivity index (χ1) is 8.60. The van der Waals surface area contributed by atoms with Gasteiger partial charge in [0.1, 0.15) is 5.75 Å². The second kappa shape index (κ2) is 7.13. The highest BCUT2D eigenvalue weighted by Gasteiger charge is 2.25. The van der Waals surface area contributed by atoms with Crippen molar-refractivity contribution in [3.8, 4) is 5.75 Å². The molecule has 0 spiro atoms. The number of methoxy groups -OCH3 is 1. The molecule has 2 unspecified atom stereocenters. The molecule has 1 saturated heterocycles. The molecular weight excluding hydrogens is 260 g/mol. The van der Waals surface area contributed by atoms with Gasteiger partial charge in [0, 0.05) is 24.7 Å². The Balaban J connectivity index is 0.00000180. The van der Waals surface area contributed by atoms with Crippen molar-refractivity contribution in [1.29, 1.82) is 0 Å². The summed E-state index contributed by atoms with van der Waals surface area (Å²) in [5.41, 5.74) is 8.55. The molecule has 0 aromatic heterocycles. The van der Waals surface area contributed by atoms with Crippen LogP contribution in [0.4, 0.5) is 0 Å². The maximum Gasteiger partial charge on any atom is 0.123 e. The first kappa shape index (κ1) is 16.3. The van der Waals surface area contributed by atoms with E-state index in [1.54, 1.807) is 7.11 Å². The minimum Gasteiger partial charge on any atom is -0.496 e. The van der Waals surface area contributed by atoms with E-state index in [4.69, 9.17) is 10.5 Å². The average molecular weight is 285 g/mol. The largest absolute Gasteiger partial charge is 0.496 e. The number of halogens is 1. The Kier molecular flexibility index (Phi) is 6.11. The first-order valence-electron chi connectivity index (χ1n) is 6.71. The van der Waals surface area contributed by atoms with Gasteiger partial charge >= 0.3 is 0 Å². The summed E-state index contributed by atoms with van der Waals surface area (Å²) in [4.78, 5) is 2.48. The van der Waals surface area contributed by atoms with E-state index in [0.29, 0.717) is 12.0 Å². The summed E-state index contributed by atoms with van der Waals surface area (Å²) in [5, 5.41) is 0. The molecule has 1 aromatic rings. The van der Waals surface area contributed by atoms with Crippen molar-refractivity contribution in [3.63, 3.8) is 0 Å². The molecule has 0 saturated carbocycles. The molecule has 1 fully saturated rings. The van der Waals surface area contributed by atoms with Gasteiger partial charge in [-0.15, -0.1) is 12.4 Å². The molecule has 108 valence electrons. The lowest BCUT2D eigenvalue weighted by Gasteiger charge is -2.19. The quantitative estimate of drug-likeness (QED) is 0.924. The van der Waals surface area contributed by atoms with Crippen molar-refractivity contribution in [1.82, 2.24) is 4.90 Å². The van der Waals surface area contributed by atoms with E-state index in [-0.39, 0.29) is 12.4 Å². The van der Waals surface area contributed by atoms with Crippen LogP contribution in [0.5, 0.6) is 5.75 Å². The second-order valence-electron chi connectivity index (χ2n) is 5.46. The highest BCUT2D eigenvalue weighted by molar-refractivity contribution is 5.85. The molecule has 1 heterocycles. The standard InChI is InChI=1S/C15H24N2O.ClH/c1-11-4-5-15(18-3)14(8-11)10-17-7-6-13(9-17)12(2)16;/h4-5,8,12-13H,6-7,9-10,16H2,1-3H3;1H. The van der Waals surface area contributed by atoms with Crippen LogP contribution in [0.25, 0.3) is 0 Å². The summed E-state index contributed by atoms with van der Waals surface area (Å²) in [5.74, 6) is 1.63. The van der Waals surface area contributed by atoms with Crippen LogP contribution in [0, 0.1) is 12.8 Å². The number of ether oxygens (including phenoxy) is 1. The Bertz CT molecular complexity index is 409. The summed E-state index contributed by atoms with van der Waals surface area (Å²) in [6.07, 6.45) is 1.21. The highest BCUT2D eigenvalue weighted by Crippen LogP contribution is 2.25. The van der Waals surface area contributed by atoms with Crippen molar-refractivity contribution >= 4 is 12.4 Å². The van der Waals surface area contributed by atoms with E-state index in [1.807, 2.05) is 0 Å². The first-order valence-corrected chi connectivity index (χ1v) is 6.71. The van der Waals surface area contributed by atoms with Crippen molar-refractivity contribution in [2.45, 2.75) is 32.9 Å². The third kappa shape index (κ3) is 4.10. The Hall–Kier alpha value is -0.770. The molecule has 0 aliphatic carbocycles. The number of aryl methyl sites for hydroxylation is 1. The number of hydrogen-bond acceptors (Lipinski definition) is 3. The lowest BCUT2D eigenvalue weighted by molar-refractivity contribution is 0.301. The zero-order chi connectivity index (χ0) is 13.1. The van der Waals surface area contributed by atoms with Gasteiger partial charge in [0.05, 0.1) is 7.11 Å². The molecule has 2 N–H and O–H groups in total. The van der Waals surface area contributed by atoms with Crippen molar-refractivity contribution in [2.24, 2.45) is 11.7 Å². The van der Waals surface area contributed by atoms with Crippen molar-refractivity contribution in [3.05, 3.63) is 29.3 Å². The van der Waals surface area contributed by atoms with E-state index in [9.17, 15) is 0 Å². The molecule has 19 heavy (non-hydrogen) atoms. The van der Waals surface area contributed by atoms with Gasteiger partial charge in [-0.05, 0) is 38.8 Å². The third-order valence-electron chi connectivity index (χ3n) is 3.88. The average Bonchev–Trinajstić information content (AvgIpc) is 2.78. The molecule has 1 aromatic carbocycles. The summed E-state index contributed by atoms with van der Waals surface area (Å²) >= 11 is 0. The van der Waals surface area contributed by atoms with Crippen LogP contribution < -0.4 is 10.5 Å². The smallest absolute Gasteiger partial charge is 0.123 e. The maximum atomic E-state index is 5.98. The van der Waals surface area contributed by atoms with Gasteiger partial charge in [-0.1, -0.05) is 17.7 Å². The van der Waals surface area contributed by atoms with E-state index >= 15 is 0 Å². The molecule has 0 amide bonds. The van der Waals surface area contributed by atoms with Gasteiger partial charge in [-0.2, -0.15) is 0 Å². The number of nitrogens with zero attached hydrogens (tertiary/aromatic N) is 1. The summed E-state index contributed by atoms with van der Waals surface area (Å²) in [6, 6.07) is 6.67. The Morgan fingerprint density at radius 2 is 2.21 bits per heavy atom. The predicted molar refractivity (Wildman–Crippen MR) is 82.0 cm³/mol. The number of nitrogens with two attached hydrogens (primary N) is 1. The summed E-state index contributed by atoms with van der Waals surface area (Å²) in [7, 11) is 1.74.